The molecule has 8 heavy (non-hydrogen) atoms. The van der Waals surface area contributed by atoms with Crippen LogP contribution in [-0.2, 0) is 0 Å². The van der Waals surface area contributed by atoms with Gasteiger partial charge in [0.15, 0.2) is 0 Å². The van der Waals surface area contributed by atoms with Crippen molar-refractivity contribution < 1.29 is 18.9 Å². The zero-order chi connectivity index (χ0) is 5.11. The van der Waals surface area contributed by atoms with Crippen LogP contribution in [0, 0.1) is 12.3 Å². The Hall–Kier alpha value is 0.597. The van der Waals surface area contributed by atoms with Gasteiger partial charge in [-0.25, -0.2) is 0 Å². The molecule has 0 N–H and O–H groups in total. The van der Waals surface area contributed by atoms with Gasteiger partial charge in [-0.15, -0.1) is 0 Å². The van der Waals surface area contributed by atoms with Crippen molar-refractivity contribution in [2.45, 2.75) is 32.6 Å². The van der Waals surface area contributed by atoms with Gasteiger partial charge >= 0.3 is 18.9 Å². The molecule has 0 aliphatic heterocycles. The van der Waals surface area contributed by atoms with E-state index in [-0.39, 0.29) is 18.9 Å². The summed E-state index contributed by atoms with van der Waals surface area (Å²) >= 11 is 0. The quantitative estimate of drug-likeness (QED) is 0.308. The fourth-order valence-corrected chi connectivity index (χ4v) is 1.22. The molecule has 1 unspecified atom stereocenters. The number of hydrogen-bond donors (Lipinski definition) is 0. The van der Waals surface area contributed by atoms with Crippen molar-refractivity contribution in [1.82, 2.24) is 0 Å². The predicted molar refractivity (Wildman–Crippen MR) is 31.9 cm³/mol. The summed E-state index contributed by atoms with van der Waals surface area (Å²) in [4.78, 5) is 0. The molecule has 0 amide bonds. The monoisotopic (exact) mass is 104 g/mol. The van der Waals surface area contributed by atoms with Gasteiger partial charge in [-0.3, -0.25) is 0 Å². The number of hydrogen-bond acceptors (Lipinski definition) is 0. The van der Waals surface area contributed by atoms with Gasteiger partial charge in [0.05, 0.1) is 0 Å². The Morgan fingerprint density at radius 3 is 2.62 bits per heavy atom. The van der Waals surface area contributed by atoms with E-state index in [9.17, 15) is 0 Å². The molecule has 1 fully saturated rings. The van der Waals surface area contributed by atoms with E-state index >= 15 is 0 Å². The summed E-state index contributed by atoms with van der Waals surface area (Å²) in [5.41, 5.74) is 0. The van der Waals surface area contributed by atoms with Crippen molar-refractivity contribution in [3.63, 3.8) is 0 Å². The SMILES string of the molecule is CCC1[CH-]CCC1.[Li+]. The van der Waals surface area contributed by atoms with Gasteiger partial charge in [0, 0.05) is 0 Å². The number of rotatable bonds is 1. The zero-order valence-electron chi connectivity index (χ0n) is 5.98. The van der Waals surface area contributed by atoms with Crippen molar-refractivity contribution in [2.24, 2.45) is 5.92 Å². The maximum absolute atomic E-state index is 2.46. The van der Waals surface area contributed by atoms with E-state index in [1.807, 2.05) is 0 Å². The van der Waals surface area contributed by atoms with Crippen molar-refractivity contribution in [2.75, 3.05) is 0 Å². The van der Waals surface area contributed by atoms with E-state index in [4.69, 9.17) is 0 Å². The van der Waals surface area contributed by atoms with Gasteiger partial charge in [-0.2, -0.15) is 12.3 Å². The molecule has 1 atom stereocenters. The molecule has 0 nitrogen and oxygen atoms in total. The van der Waals surface area contributed by atoms with Crippen molar-refractivity contribution in [3.05, 3.63) is 6.42 Å². The molecule has 0 aromatic rings. The van der Waals surface area contributed by atoms with Crippen LogP contribution < -0.4 is 18.9 Å². The summed E-state index contributed by atoms with van der Waals surface area (Å²) in [6.07, 6.45) is 8.09. The zero-order valence-corrected chi connectivity index (χ0v) is 5.98. The Bertz CT molecular complexity index is 46.3. The Kier molecular flexibility index (Phi) is 4.81. The smallest absolute Gasteiger partial charge is 0.325 e. The van der Waals surface area contributed by atoms with E-state index in [1.165, 1.54) is 25.7 Å². The van der Waals surface area contributed by atoms with E-state index < -0.39 is 0 Å². The second-order valence-corrected chi connectivity index (χ2v) is 2.33. The van der Waals surface area contributed by atoms with Gasteiger partial charge in [0.25, 0.3) is 0 Å². The topological polar surface area (TPSA) is 0 Å². The van der Waals surface area contributed by atoms with Gasteiger partial charge < -0.3 is 6.42 Å². The van der Waals surface area contributed by atoms with Gasteiger partial charge in [-0.05, 0) is 0 Å². The fourth-order valence-electron chi connectivity index (χ4n) is 1.22. The molecular formula is C7H13Li. The second kappa shape index (κ2) is 4.47. The summed E-state index contributed by atoms with van der Waals surface area (Å²) in [6, 6.07) is 0. The second-order valence-electron chi connectivity index (χ2n) is 2.33. The van der Waals surface area contributed by atoms with Crippen LogP contribution in [0.4, 0.5) is 0 Å². The van der Waals surface area contributed by atoms with Crippen LogP contribution in [0.5, 0.6) is 0 Å². The minimum Gasteiger partial charge on any atom is -0.325 e. The van der Waals surface area contributed by atoms with Crippen LogP contribution in [0.3, 0.4) is 0 Å². The van der Waals surface area contributed by atoms with Crippen LogP contribution >= 0.6 is 0 Å². The largest absolute Gasteiger partial charge is 1.00 e. The molecule has 0 saturated heterocycles. The maximum atomic E-state index is 2.46. The van der Waals surface area contributed by atoms with Gasteiger partial charge in [0.1, 0.15) is 0 Å². The maximum Gasteiger partial charge on any atom is 1.00 e. The average molecular weight is 104 g/mol. The molecule has 0 heterocycles. The molecule has 1 rings (SSSR count). The summed E-state index contributed by atoms with van der Waals surface area (Å²) in [5.74, 6) is 0.972. The molecule has 1 aliphatic carbocycles. The first-order chi connectivity index (χ1) is 3.43. The van der Waals surface area contributed by atoms with E-state index in [1.54, 1.807) is 0 Å². The third-order valence-corrected chi connectivity index (χ3v) is 1.80. The first-order valence-electron chi connectivity index (χ1n) is 3.27. The molecule has 0 spiro atoms. The average Bonchev–Trinajstić information content (AvgIpc) is 2.14. The van der Waals surface area contributed by atoms with E-state index in [0.717, 1.165) is 5.92 Å². The van der Waals surface area contributed by atoms with E-state index in [2.05, 4.69) is 13.3 Å². The predicted octanol–water partition coefficient (Wildman–Crippen LogP) is -0.595. The molecule has 0 aromatic heterocycles. The Balaban J connectivity index is 0.000000490. The third-order valence-electron chi connectivity index (χ3n) is 1.80. The molecule has 1 saturated carbocycles. The van der Waals surface area contributed by atoms with Gasteiger partial charge in [0.2, 0.25) is 0 Å². The van der Waals surface area contributed by atoms with Crippen LogP contribution in [0.2, 0.25) is 0 Å². The van der Waals surface area contributed by atoms with Gasteiger partial charge in [-0.1, -0.05) is 26.2 Å². The summed E-state index contributed by atoms with van der Waals surface area (Å²) in [6.45, 7) is 2.27. The Morgan fingerprint density at radius 2 is 2.38 bits per heavy atom. The Labute approximate surface area is 64.2 Å². The summed E-state index contributed by atoms with van der Waals surface area (Å²) < 4.78 is 0. The summed E-state index contributed by atoms with van der Waals surface area (Å²) in [5, 5.41) is 0. The van der Waals surface area contributed by atoms with Crippen LogP contribution in [0.15, 0.2) is 0 Å². The van der Waals surface area contributed by atoms with Crippen LogP contribution in [0.1, 0.15) is 32.6 Å². The van der Waals surface area contributed by atoms with Crippen molar-refractivity contribution >= 4 is 0 Å². The van der Waals surface area contributed by atoms with Crippen LogP contribution in [-0.4, -0.2) is 0 Å². The van der Waals surface area contributed by atoms with E-state index in [0.29, 0.717) is 0 Å². The molecular weight excluding hydrogens is 91.0 g/mol. The molecule has 1 aliphatic rings. The van der Waals surface area contributed by atoms with Crippen LogP contribution in [0.25, 0.3) is 0 Å². The minimum absolute atomic E-state index is 0. The standard InChI is InChI=1S/C7H13.Li/c1-2-7-5-3-4-6-7;/h5,7H,2-4,6H2,1H3;/q-1;+1. The first-order valence-corrected chi connectivity index (χ1v) is 3.27. The summed E-state index contributed by atoms with van der Waals surface area (Å²) in [7, 11) is 0. The molecule has 0 radical (unpaired) electrons. The molecule has 1 heteroatoms. The van der Waals surface area contributed by atoms with Crippen molar-refractivity contribution in [1.29, 1.82) is 0 Å². The molecule has 0 bridgehead atoms. The molecule has 42 valence electrons. The third kappa shape index (κ3) is 2.24. The normalized spacial score (nSPS) is 27.4. The molecule has 0 aromatic carbocycles. The minimum atomic E-state index is 0. The Morgan fingerprint density at radius 1 is 1.62 bits per heavy atom. The first kappa shape index (κ1) is 8.60. The van der Waals surface area contributed by atoms with Crippen molar-refractivity contribution in [3.8, 4) is 0 Å². The fraction of sp³-hybridized carbons (Fsp3) is 0.857.